The lowest BCUT2D eigenvalue weighted by atomic mass is 10.1. The smallest absolute Gasteiger partial charge is 0.119 e. The fraction of sp³-hybridized carbons (Fsp3) is 0.400. The molecule has 0 N–H and O–H groups in total. The van der Waals surface area contributed by atoms with Crippen molar-refractivity contribution < 1.29 is 9.47 Å². The Labute approximate surface area is 71.1 Å². The lowest BCUT2D eigenvalue weighted by Gasteiger charge is -2.04. The number of epoxide rings is 1. The van der Waals surface area contributed by atoms with Crippen LogP contribution in [0.1, 0.15) is 17.2 Å². The van der Waals surface area contributed by atoms with E-state index in [1.807, 2.05) is 6.07 Å². The molecule has 3 rings (SSSR count). The second-order valence-corrected chi connectivity index (χ2v) is 3.36. The third kappa shape index (κ3) is 0.730. The van der Waals surface area contributed by atoms with Gasteiger partial charge >= 0.3 is 0 Å². The average molecular weight is 162 g/mol. The maximum atomic E-state index is 5.42. The summed E-state index contributed by atoms with van der Waals surface area (Å²) in [7, 11) is 1.70. The van der Waals surface area contributed by atoms with Gasteiger partial charge in [0.2, 0.25) is 0 Å². The molecule has 1 saturated heterocycles. The van der Waals surface area contributed by atoms with Crippen molar-refractivity contribution in [2.24, 2.45) is 0 Å². The van der Waals surface area contributed by atoms with Crippen molar-refractivity contribution in [2.45, 2.75) is 18.6 Å². The molecule has 0 aromatic heterocycles. The predicted octanol–water partition coefficient (Wildman–Crippen LogP) is 1.69. The highest BCUT2D eigenvalue weighted by Crippen LogP contribution is 2.49. The van der Waals surface area contributed by atoms with Crippen molar-refractivity contribution in [3.63, 3.8) is 0 Å². The molecule has 2 heteroatoms. The Balaban J connectivity index is 2.09. The highest BCUT2D eigenvalue weighted by molar-refractivity contribution is 5.44. The fourth-order valence-corrected chi connectivity index (χ4v) is 1.94. The zero-order valence-electron chi connectivity index (χ0n) is 6.91. The Bertz CT molecular complexity index is 333. The van der Waals surface area contributed by atoms with Crippen LogP contribution in [0.25, 0.3) is 0 Å². The van der Waals surface area contributed by atoms with Crippen molar-refractivity contribution in [3.05, 3.63) is 29.3 Å². The summed E-state index contributed by atoms with van der Waals surface area (Å²) in [6.45, 7) is 0. The first-order chi connectivity index (χ1) is 5.88. The molecule has 1 heterocycles. The lowest BCUT2D eigenvalue weighted by molar-refractivity contribution is 0.359. The normalized spacial score (nSPS) is 29.4. The minimum Gasteiger partial charge on any atom is -0.497 e. The van der Waals surface area contributed by atoms with Gasteiger partial charge in [-0.05, 0) is 23.3 Å². The Morgan fingerprint density at radius 1 is 1.50 bits per heavy atom. The fourth-order valence-electron chi connectivity index (χ4n) is 1.94. The first-order valence-electron chi connectivity index (χ1n) is 4.21. The second-order valence-electron chi connectivity index (χ2n) is 3.36. The standard InChI is InChI=1S/C10H10O2/c1-11-7-3-2-6-4-9-10(12-9)8(6)5-7/h2-3,5,9-10H,4H2,1H3/t9-,10-/m0/s1. The van der Waals surface area contributed by atoms with Crippen molar-refractivity contribution >= 4 is 0 Å². The number of ether oxygens (including phenoxy) is 2. The molecular weight excluding hydrogens is 152 g/mol. The molecule has 1 aliphatic heterocycles. The highest BCUT2D eigenvalue weighted by atomic mass is 16.6. The molecular formula is C10H10O2. The lowest BCUT2D eigenvalue weighted by Crippen LogP contribution is -1.90. The third-order valence-corrected chi connectivity index (χ3v) is 2.66. The summed E-state index contributed by atoms with van der Waals surface area (Å²) in [5.41, 5.74) is 2.76. The molecule has 12 heavy (non-hydrogen) atoms. The largest absolute Gasteiger partial charge is 0.497 e. The van der Waals surface area contributed by atoms with Crippen LogP contribution in [0.2, 0.25) is 0 Å². The van der Waals surface area contributed by atoms with E-state index in [2.05, 4.69) is 12.1 Å². The van der Waals surface area contributed by atoms with Crippen LogP contribution in [0.4, 0.5) is 0 Å². The van der Waals surface area contributed by atoms with Crippen molar-refractivity contribution in [1.29, 1.82) is 0 Å². The van der Waals surface area contributed by atoms with Crippen LogP contribution < -0.4 is 4.74 Å². The highest BCUT2D eigenvalue weighted by Gasteiger charge is 2.47. The van der Waals surface area contributed by atoms with Gasteiger partial charge in [-0.3, -0.25) is 0 Å². The zero-order chi connectivity index (χ0) is 8.13. The van der Waals surface area contributed by atoms with Gasteiger partial charge in [0.1, 0.15) is 11.9 Å². The van der Waals surface area contributed by atoms with Crippen molar-refractivity contribution in [2.75, 3.05) is 7.11 Å². The SMILES string of the molecule is COc1ccc2c(c1)[C@@H]1O[C@H]1C2. The van der Waals surface area contributed by atoms with Gasteiger partial charge in [-0.1, -0.05) is 6.07 Å². The van der Waals surface area contributed by atoms with E-state index in [-0.39, 0.29) is 0 Å². The Morgan fingerprint density at radius 2 is 2.42 bits per heavy atom. The first kappa shape index (κ1) is 6.49. The number of fused-ring (bicyclic) bond motifs is 3. The van der Waals surface area contributed by atoms with E-state index in [1.54, 1.807) is 7.11 Å². The van der Waals surface area contributed by atoms with Gasteiger partial charge < -0.3 is 9.47 Å². The van der Waals surface area contributed by atoms with E-state index >= 15 is 0 Å². The number of benzene rings is 1. The topological polar surface area (TPSA) is 21.8 Å². The molecule has 1 aliphatic carbocycles. The number of hydrogen-bond donors (Lipinski definition) is 0. The summed E-state index contributed by atoms with van der Waals surface area (Å²) >= 11 is 0. The average Bonchev–Trinajstić information content (AvgIpc) is 2.79. The molecule has 62 valence electrons. The third-order valence-electron chi connectivity index (χ3n) is 2.66. The molecule has 1 aromatic rings. The molecule has 1 aromatic carbocycles. The quantitative estimate of drug-likeness (QED) is 0.586. The van der Waals surface area contributed by atoms with Crippen molar-refractivity contribution in [1.82, 2.24) is 0 Å². The minimum absolute atomic E-state index is 0.384. The summed E-state index contributed by atoms with van der Waals surface area (Å²) in [6, 6.07) is 6.25. The Hall–Kier alpha value is -1.02. The maximum Gasteiger partial charge on any atom is 0.119 e. The molecule has 2 atom stereocenters. The van der Waals surface area contributed by atoms with Gasteiger partial charge in [0.15, 0.2) is 0 Å². The summed E-state index contributed by atoms with van der Waals surface area (Å²) in [5, 5.41) is 0. The second kappa shape index (κ2) is 2.02. The van der Waals surface area contributed by atoms with Crippen LogP contribution in [0, 0.1) is 0 Å². The molecule has 0 bridgehead atoms. The van der Waals surface area contributed by atoms with Crippen LogP contribution in [-0.2, 0) is 11.2 Å². The number of methoxy groups -OCH3 is 1. The summed E-state index contributed by atoms with van der Waals surface area (Å²) < 4.78 is 10.6. The molecule has 2 aliphatic rings. The molecule has 1 fully saturated rings. The van der Waals surface area contributed by atoms with Gasteiger partial charge in [0.25, 0.3) is 0 Å². The van der Waals surface area contributed by atoms with Gasteiger partial charge in [-0.15, -0.1) is 0 Å². The summed E-state index contributed by atoms with van der Waals surface area (Å²) in [5.74, 6) is 0.935. The van der Waals surface area contributed by atoms with Gasteiger partial charge in [0.05, 0.1) is 13.2 Å². The van der Waals surface area contributed by atoms with Crippen LogP contribution in [0.15, 0.2) is 18.2 Å². The molecule has 0 amide bonds. The van der Waals surface area contributed by atoms with E-state index in [1.165, 1.54) is 11.1 Å². The zero-order valence-corrected chi connectivity index (χ0v) is 6.91. The van der Waals surface area contributed by atoms with Crippen LogP contribution in [-0.4, -0.2) is 13.2 Å². The molecule has 0 saturated carbocycles. The van der Waals surface area contributed by atoms with E-state index in [0.29, 0.717) is 12.2 Å². The molecule has 0 spiro atoms. The summed E-state index contributed by atoms with van der Waals surface area (Å²) in [6.07, 6.45) is 1.95. The Morgan fingerprint density at radius 3 is 3.25 bits per heavy atom. The Kier molecular flexibility index (Phi) is 1.09. The summed E-state index contributed by atoms with van der Waals surface area (Å²) in [4.78, 5) is 0. The van der Waals surface area contributed by atoms with E-state index in [4.69, 9.17) is 9.47 Å². The molecule has 2 nitrogen and oxygen atoms in total. The number of hydrogen-bond acceptors (Lipinski definition) is 2. The number of rotatable bonds is 1. The van der Waals surface area contributed by atoms with Gasteiger partial charge in [-0.25, -0.2) is 0 Å². The van der Waals surface area contributed by atoms with Gasteiger partial charge in [0, 0.05) is 6.42 Å². The van der Waals surface area contributed by atoms with Crippen LogP contribution in [0.5, 0.6) is 5.75 Å². The maximum absolute atomic E-state index is 5.42. The minimum atomic E-state index is 0.384. The van der Waals surface area contributed by atoms with Gasteiger partial charge in [-0.2, -0.15) is 0 Å². The van der Waals surface area contributed by atoms with Crippen LogP contribution in [0.3, 0.4) is 0 Å². The van der Waals surface area contributed by atoms with E-state index < -0.39 is 0 Å². The van der Waals surface area contributed by atoms with Crippen molar-refractivity contribution in [3.8, 4) is 5.75 Å². The molecule has 0 unspecified atom stereocenters. The van der Waals surface area contributed by atoms with E-state index in [0.717, 1.165) is 12.2 Å². The predicted molar refractivity (Wildman–Crippen MR) is 44.3 cm³/mol. The van der Waals surface area contributed by atoms with E-state index in [9.17, 15) is 0 Å². The van der Waals surface area contributed by atoms with Crippen LogP contribution >= 0.6 is 0 Å². The monoisotopic (exact) mass is 162 g/mol. The molecule has 0 radical (unpaired) electrons. The first-order valence-corrected chi connectivity index (χ1v) is 4.21.